The predicted octanol–water partition coefficient (Wildman–Crippen LogP) is 1.33. The number of carbonyl (C=O) groups is 1. The SMILES string of the molecule is O=C(Cn1nc(-c2cnc(NC34CC(C3)C4)nc2)ccc1=O)NC1CCC1. The Balaban J connectivity index is 1.29. The van der Waals surface area contributed by atoms with Crippen LogP contribution in [-0.2, 0) is 11.3 Å². The first-order valence-corrected chi connectivity index (χ1v) is 9.57. The van der Waals surface area contributed by atoms with Crippen molar-refractivity contribution in [1.82, 2.24) is 25.1 Å². The van der Waals surface area contributed by atoms with Crippen LogP contribution in [0.15, 0.2) is 29.3 Å². The summed E-state index contributed by atoms with van der Waals surface area (Å²) in [6, 6.07) is 3.30. The molecule has 0 radical (unpaired) electrons. The van der Waals surface area contributed by atoms with Gasteiger partial charge in [-0.1, -0.05) is 0 Å². The number of amides is 1. The van der Waals surface area contributed by atoms with Gasteiger partial charge in [0.2, 0.25) is 11.9 Å². The minimum atomic E-state index is -0.301. The highest BCUT2D eigenvalue weighted by Crippen LogP contribution is 2.58. The zero-order valence-electron chi connectivity index (χ0n) is 15.0. The molecule has 4 aliphatic carbocycles. The van der Waals surface area contributed by atoms with E-state index in [1.54, 1.807) is 18.5 Å². The monoisotopic (exact) mass is 366 g/mol. The molecule has 1 amide bonds. The van der Waals surface area contributed by atoms with Crippen molar-refractivity contribution in [2.24, 2.45) is 5.92 Å². The second-order valence-electron chi connectivity index (χ2n) is 8.09. The van der Waals surface area contributed by atoms with Crippen LogP contribution in [0.1, 0.15) is 38.5 Å². The van der Waals surface area contributed by atoms with E-state index >= 15 is 0 Å². The lowest BCUT2D eigenvalue weighted by atomic mass is 9.50. The fourth-order valence-electron chi connectivity index (χ4n) is 4.07. The molecule has 0 aromatic carbocycles. The first kappa shape index (κ1) is 16.4. The Bertz CT molecular complexity index is 917. The lowest BCUT2D eigenvalue weighted by molar-refractivity contribution is -0.123. The molecule has 2 aromatic rings. The van der Waals surface area contributed by atoms with Crippen LogP contribution < -0.4 is 16.2 Å². The first-order valence-electron chi connectivity index (χ1n) is 9.57. The van der Waals surface area contributed by atoms with Gasteiger partial charge in [0.25, 0.3) is 5.56 Å². The maximum atomic E-state index is 12.1. The van der Waals surface area contributed by atoms with Gasteiger partial charge >= 0.3 is 0 Å². The molecule has 2 aromatic heterocycles. The Morgan fingerprint density at radius 1 is 1.19 bits per heavy atom. The topological polar surface area (TPSA) is 102 Å². The van der Waals surface area contributed by atoms with Crippen LogP contribution in [-0.4, -0.2) is 37.2 Å². The summed E-state index contributed by atoms with van der Waals surface area (Å²) in [7, 11) is 0. The molecule has 2 bridgehead atoms. The van der Waals surface area contributed by atoms with Crippen LogP contribution in [0.2, 0.25) is 0 Å². The van der Waals surface area contributed by atoms with Gasteiger partial charge in [0, 0.05) is 35.6 Å². The fraction of sp³-hybridized carbons (Fsp3) is 0.526. The van der Waals surface area contributed by atoms with Crippen LogP contribution >= 0.6 is 0 Å². The molecule has 0 spiro atoms. The number of hydrogen-bond donors (Lipinski definition) is 2. The van der Waals surface area contributed by atoms with Crippen LogP contribution in [0.3, 0.4) is 0 Å². The van der Waals surface area contributed by atoms with E-state index in [1.807, 2.05) is 0 Å². The summed E-state index contributed by atoms with van der Waals surface area (Å²) < 4.78 is 1.19. The third-order valence-corrected chi connectivity index (χ3v) is 5.99. The summed E-state index contributed by atoms with van der Waals surface area (Å²) in [6.45, 7) is -0.0760. The first-order chi connectivity index (χ1) is 13.1. The standard InChI is InChI=1S/C19H22N6O2/c26-16(22-14-2-1-3-14)11-25-17(27)5-4-15(24-25)13-9-20-18(21-10-13)23-19-6-12(7-19)8-19/h4-5,9-10,12,14H,1-3,6-8,11H2,(H,22,26)(H,20,21,23). The normalized spacial score (nSPS) is 25.7. The molecular formula is C19H22N6O2. The number of nitrogens with one attached hydrogen (secondary N) is 2. The number of rotatable bonds is 6. The third-order valence-electron chi connectivity index (χ3n) is 5.99. The molecule has 0 aliphatic heterocycles. The summed E-state index contributed by atoms with van der Waals surface area (Å²) in [6.07, 6.45) is 10.2. The van der Waals surface area contributed by atoms with Crippen molar-refractivity contribution in [3.05, 3.63) is 34.9 Å². The average Bonchev–Trinajstić information content (AvgIpc) is 2.56. The van der Waals surface area contributed by atoms with Crippen LogP contribution in [0.4, 0.5) is 5.95 Å². The second kappa shape index (κ2) is 6.14. The summed E-state index contributed by atoms with van der Waals surface area (Å²) in [4.78, 5) is 32.9. The van der Waals surface area contributed by atoms with Crippen molar-refractivity contribution in [3.8, 4) is 11.3 Å². The summed E-state index contributed by atoms with van der Waals surface area (Å²) in [5.74, 6) is 1.34. The van der Waals surface area contributed by atoms with Crippen molar-refractivity contribution in [2.45, 2.75) is 56.7 Å². The Kier molecular flexibility index (Phi) is 3.73. The summed E-state index contributed by atoms with van der Waals surface area (Å²) in [5, 5.41) is 10.7. The molecule has 27 heavy (non-hydrogen) atoms. The van der Waals surface area contributed by atoms with E-state index in [0.717, 1.165) is 25.2 Å². The van der Waals surface area contributed by atoms with E-state index in [1.165, 1.54) is 30.0 Å². The van der Waals surface area contributed by atoms with Crippen molar-refractivity contribution in [2.75, 3.05) is 5.32 Å². The second-order valence-corrected chi connectivity index (χ2v) is 8.09. The van der Waals surface area contributed by atoms with Crippen molar-refractivity contribution < 1.29 is 4.79 Å². The highest BCUT2D eigenvalue weighted by Gasteiger charge is 2.56. The molecule has 8 heteroatoms. The van der Waals surface area contributed by atoms with E-state index in [-0.39, 0.29) is 29.6 Å². The molecule has 0 saturated heterocycles. The van der Waals surface area contributed by atoms with E-state index in [0.29, 0.717) is 17.2 Å². The van der Waals surface area contributed by atoms with Gasteiger partial charge in [0.1, 0.15) is 6.54 Å². The third kappa shape index (κ3) is 3.09. The lowest BCUT2D eigenvalue weighted by Crippen LogP contribution is -2.63. The maximum Gasteiger partial charge on any atom is 0.267 e. The Morgan fingerprint density at radius 3 is 2.52 bits per heavy atom. The number of aromatic nitrogens is 4. The lowest BCUT2D eigenvalue weighted by Gasteiger charge is -2.61. The van der Waals surface area contributed by atoms with Gasteiger partial charge in [-0.15, -0.1) is 0 Å². The highest BCUT2D eigenvalue weighted by atomic mass is 16.2. The fourth-order valence-corrected chi connectivity index (χ4v) is 4.07. The molecule has 140 valence electrons. The zero-order valence-corrected chi connectivity index (χ0v) is 15.0. The smallest absolute Gasteiger partial charge is 0.267 e. The molecule has 4 fully saturated rings. The van der Waals surface area contributed by atoms with E-state index < -0.39 is 0 Å². The molecule has 0 atom stereocenters. The van der Waals surface area contributed by atoms with Gasteiger partial charge in [-0.25, -0.2) is 14.6 Å². The highest BCUT2D eigenvalue weighted by molar-refractivity contribution is 5.76. The van der Waals surface area contributed by atoms with Crippen LogP contribution in [0, 0.1) is 5.92 Å². The van der Waals surface area contributed by atoms with E-state index in [4.69, 9.17) is 0 Å². The molecule has 8 nitrogen and oxygen atoms in total. The van der Waals surface area contributed by atoms with Gasteiger partial charge in [0.15, 0.2) is 0 Å². The number of anilines is 1. The average molecular weight is 366 g/mol. The molecule has 0 unspecified atom stereocenters. The quantitative estimate of drug-likeness (QED) is 0.800. The largest absolute Gasteiger partial charge is 0.352 e. The minimum absolute atomic E-state index is 0.0760. The molecule has 2 heterocycles. The van der Waals surface area contributed by atoms with Gasteiger partial charge in [-0.05, 0) is 50.5 Å². The molecular weight excluding hydrogens is 344 g/mol. The van der Waals surface area contributed by atoms with Gasteiger partial charge in [-0.3, -0.25) is 9.59 Å². The molecule has 6 rings (SSSR count). The number of nitrogens with zero attached hydrogens (tertiary/aromatic N) is 4. The van der Waals surface area contributed by atoms with Crippen molar-refractivity contribution in [1.29, 1.82) is 0 Å². The van der Waals surface area contributed by atoms with Crippen LogP contribution in [0.25, 0.3) is 11.3 Å². The Morgan fingerprint density at radius 2 is 1.93 bits per heavy atom. The summed E-state index contributed by atoms with van der Waals surface area (Å²) >= 11 is 0. The molecule has 4 saturated carbocycles. The van der Waals surface area contributed by atoms with E-state index in [2.05, 4.69) is 25.7 Å². The Labute approximate surface area is 156 Å². The molecule has 4 aliphatic rings. The Hall–Kier alpha value is -2.77. The maximum absolute atomic E-state index is 12.1. The zero-order chi connectivity index (χ0) is 18.4. The van der Waals surface area contributed by atoms with E-state index in [9.17, 15) is 9.59 Å². The number of hydrogen-bond acceptors (Lipinski definition) is 6. The van der Waals surface area contributed by atoms with Gasteiger partial charge < -0.3 is 10.6 Å². The van der Waals surface area contributed by atoms with Crippen molar-refractivity contribution >= 4 is 11.9 Å². The van der Waals surface area contributed by atoms with Crippen molar-refractivity contribution in [3.63, 3.8) is 0 Å². The van der Waals surface area contributed by atoms with Gasteiger partial charge in [-0.2, -0.15) is 5.10 Å². The van der Waals surface area contributed by atoms with Crippen LogP contribution in [0.5, 0.6) is 0 Å². The number of carbonyl (C=O) groups excluding carboxylic acids is 1. The molecule has 2 N–H and O–H groups in total. The summed E-state index contributed by atoms with van der Waals surface area (Å²) in [5.41, 5.74) is 1.21. The predicted molar refractivity (Wildman–Crippen MR) is 99.0 cm³/mol. The van der Waals surface area contributed by atoms with Gasteiger partial charge in [0.05, 0.1) is 5.69 Å². The minimum Gasteiger partial charge on any atom is -0.352 e.